The summed E-state index contributed by atoms with van der Waals surface area (Å²) >= 11 is 0. The lowest BCUT2D eigenvalue weighted by Gasteiger charge is -2.21. The largest absolute Gasteiger partial charge is 0.395 e. The zero-order valence-corrected chi connectivity index (χ0v) is 12.4. The Kier molecular flexibility index (Phi) is 5.01. The minimum atomic E-state index is -0.0497. The van der Waals surface area contributed by atoms with Crippen molar-refractivity contribution in [1.29, 1.82) is 0 Å². The van der Waals surface area contributed by atoms with Gasteiger partial charge in [0, 0.05) is 19.1 Å². The van der Waals surface area contributed by atoms with Crippen molar-refractivity contribution < 1.29 is 9.90 Å². The normalized spacial score (nSPS) is 14.2. The van der Waals surface area contributed by atoms with E-state index >= 15 is 0 Å². The smallest absolute Gasteiger partial charge is 0.317 e. The molecule has 1 aliphatic carbocycles. The number of amides is 2. The molecule has 2 N–H and O–H groups in total. The molecular formula is C16H24N2O2. The van der Waals surface area contributed by atoms with Gasteiger partial charge in [-0.25, -0.2) is 4.79 Å². The summed E-state index contributed by atoms with van der Waals surface area (Å²) < 4.78 is 0. The molecule has 1 aromatic carbocycles. The summed E-state index contributed by atoms with van der Waals surface area (Å²) in [6.45, 7) is 5.28. The Morgan fingerprint density at radius 2 is 2.15 bits per heavy atom. The highest BCUT2D eigenvalue weighted by Gasteiger charge is 2.31. The molecule has 0 unspecified atom stereocenters. The van der Waals surface area contributed by atoms with Crippen LogP contribution in [-0.4, -0.2) is 41.8 Å². The van der Waals surface area contributed by atoms with E-state index in [1.54, 1.807) is 4.90 Å². The number of aryl methyl sites for hydroxylation is 2. The molecule has 2 rings (SSSR count). The van der Waals surface area contributed by atoms with Crippen LogP contribution in [0.4, 0.5) is 4.79 Å². The van der Waals surface area contributed by atoms with Crippen molar-refractivity contribution in [2.24, 2.45) is 0 Å². The second kappa shape index (κ2) is 6.75. The third kappa shape index (κ3) is 3.97. The van der Waals surface area contributed by atoms with Crippen molar-refractivity contribution in [3.05, 3.63) is 34.9 Å². The Bertz CT molecular complexity index is 470. The number of carbonyl (C=O) groups is 1. The molecule has 1 aromatic rings. The molecule has 0 aliphatic heterocycles. The summed E-state index contributed by atoms with van der Waals surface area (Å²) in [6.07, 6.45) is 2.96. The number of carbonyl (C=O) groups excluding carboxylic acids is 1. The Labute approximate surface area is 120 Å². The molecular weight excluding hydrogens is 252 g/mol. The van der Waals surface area contributed by atoms with Gasteiger partial charge in [-0.05, 0) is 44.2 Å². The number of aliphatic hydroxyl groups is 1. The van der Waals surface area contributed by atoms with Crippen LogP contribution in [0.25, 0.3) is 0 Å². The van der Waals surface area contributed by atoms with Gasteiger partial charge < -0.3 is 15.3 Å². The van der Waals surface area contributed by atoms with Gasteiger partial charge in [-0.1, -0.05) is 23.8 Å². The van der Waals surface area contributed by atoms with E-state index in [1.165, 1.54) is 16.7 Å². The van der Waals surface area contributed by atoms with Crippen LogP contribution in [0.15, 0.2) is 18.2 Å². The lowest BCUT2D eigenvalue weighted by molar-refractivity contribution is 0.174. The lowest BCUT2D eigenvalue weighted by Crippen LogP contribution is -2.43. The van der Waals surface area contributed by atoms with E-state index in [0.717, 1.165) is 19.3 Å². The van der Waals surface area contributed by atoms with Gasteiger partial charge in [0.15, 0.2) is 0 Å². The van der Waals surface area contributed by atoms with Gasteiger partial charge in [0.25, 0.3) is 0 Å². The summed E-state index contributed by atoms with van der Waals surface area (Å²) in [5.74, 6) is 0. The van der Waals surface area contributed by atoms with Gasteiger partial charge in [0.2, 0.25) is 0 Å². The molecule has 1 saturated carbocycles. The highest BCUT2D eigenvalue weighted by atomic mass is 16.3. The second-order valence-electron chi connectivity index (χ2n) is 5.56. The standard InChI is InChI=1S/C16H24N2O2/c1-12-3-4-14(13(2)11-12)7-8-17-16(20)18(9-10-19)15-5-6-15/h3-4,11,15,19H,5-10H2,1-2H3,(H,17,20). The predicted octanol–water partition coefficient (Wildman–Crippen LogP) is 2.01. The molecule has 1 fully saturated rings. The number of hydrogen-bond acceptors (Lipinski definition) is 2. The molecule has 4 heteroatoms. The topological polar surface area (TPSA) is 52.6 Å². The summed E-state index contributed by atoms with van der Waals surface area (Å²) in [5.41, 5.74) is 3.81. The first-order valence-electron chi connectivity index (χ1n) is 7.33. The van der Waals surface area contributed by atoms with Crippen LogP contribution in [0.5, 0.6) is 0 Å². The molecule has 0 heterocycles. The Morgan fingerprint density at radius 3 is 2.75 bits per heavy atom. The molecule has 110 valence electrons. The zero-order chi connectivity index (χ0) is 14.5. The molecule has 0 spiro atoms. The number of urea groups is 1. The first-order valence-corrected chi connectivity index (χ1v) is 7.33. The first-order chi connectivity index (χ1) is 9.61. The van der Waals surface area contributed by atoms with Gasteiger partial charge in [-0.15, -0.1) is 0 Å². The molecule has 0 atom stereocenters. The van der Waals surface area contributed by atoms with Crippen LogP contribution in [0.2, 0.25) is 0 Å². The summed E-state index contributed by atoms with van der Waals surface area (Å²) in [4.78, 5) is 13.8. The maximum Gasteiger partial charge on any atom is 0.317 e. The maximum atomic E-state index is 12.0. The minimum Gasteiger partial charge on any atom is -0.395 e. The van der Waals surface area contributed by atoms with Crippen LogP contribution in [0.1, 0.15) is 29.5 Å². The number of nitrogens with zero attached hydrogens (tertiary/aromatic N) is 1. The van der Waals surface area contributed by atoms with Gasteiger partial charge in [-0.2, -0.15) is 0 Å². The van der Waals surface area contributed by atoms with Crippen molar-refractivity contribution in [3.63, 3.8) is 0 Å². The van der Waals surface area contributed by atoms with Gasteiger partial charge in [0.05, 0.1) is 6.61 Å². The Morgan fingerprint density at radius 1 is 1.40 bits per heavy atom. The van der Waals surface area contributed by atoms with Crippen molar-refractivity contribution in [2.45, 2.75) is 39.2 Å². The van der Waals surface area contributed by atoms with Gasteiger partial charge in [0.1, 0.15) is 0 Å². The molecule has 0 bridgehead atoms. The van der Waals surface area contributed by atoms with Crippen LogP contribution in [-0.2, 0) is 6.42 Å². The SMILES string of the molecule is Cc1ccc(CCNC(=O)N(CCO)C2CC2)c(C)c1. The van der Waals surface area contributed by atoms with E-state index < -0.39 is 0 Å². The fourth-order valence-electron chi connectivity index (χ4n) is 2.48. The van der Waals surface area contributed by atoms with Crippen LogP contribution >= 0.6 is 0 Å². The van der Waals surface area contributed by atoms with Crippen LogP contribution < -0.4 is 5.32 Å². The second-order valence-corrected chi connectivity index (χ2v) is 5.56. The number of hydrogen-bond donors (Lipinski definition) is 2. The fraction of sp³-hybridized carbons (Fsp3) is 0.562. The van der Waals surface area contributed by atoms with E-state index in [2.05, 4.69) is 37.4 Å². The van der Waals surface area contributed by atoms with Crippen molar-refractivity contribution >= 4 is 6.03 Å². The maximum absolute atomic E-state index is 12.0. The third-order valence-electron chi connectivity index (χ3n) is 3.76. The lowest BCUT2D eigenvalue weighted by atomic mass is 10.0. The van der Waals surface area contributed by atoms with E-state index in [9.17, 15) is 4.79 Å². The monoisotopic (exact) mass is 276 g/mol. The third-order valence-corrected chi connectivity index (χ3v) is 3.76. The molecule has 20 heavy (non-hydrogen) atoms. The van der Waals surface area contributed by atoms with E-state index in [0.29, 0.717) is 19.1 Å². The van der Waals surface area contributed by atoms with E-state index in [1.807, 2.05) is 0 Å². The molecule has 2 amide bonds. The number of aliphatic hydroxyl groups excluding tert-OH is 1. The van der Waals surface area contributed by atoms with Gasteiger partial charge in [-0.3, -0.25) is 0 Å². The van der Waals surface area contributed by atoms with Gasteiger partial charge >= 0.3 is 6.03 Å². The molecule has 1 aliphatic rings. The highest BCUT2D eigenvalue weighted by Crippen LogP contribution is 2.26. The van der Waals surface area contributed by atoms with Crippen molar-refractivity contribution in [3.8, 4) is 0 Å². The molecule has 4 nitrogen and oxygen atoms in total. The van der Waals surface area contributed by atoms with Crippen LogP contribution in [0, 0.1) is 13.8 Å². The number of nitrogens with one attached hydrogen (secondary N) is 1. The Balaban J connectivity index is 1.81. The average Bonchev–Trinajstić information content (AvgIpc) is 3.22. The molecule has 0 saturated heterocycles. The predicted molar refractivity (Wildman–Crippen MR) is 79.8 cm³/mol. The minimum absolute atomic E-state index is 0.0288. The highest BCUT2D eigenvalue weighted by molar-refractivity contribution is 5.74. The molecule has 0 aromatic heterocycles. The van der Waals surface area contributed by atoms with Crippen molar-refractivity contribution in [2.75, 3.05) is 19.7 Å². The fourth-order valence-corrected chi connectivity index (χ4v) is 2.48. The van der Waals surface area contributed by atoms with Crippen LogP contribution in [0.3, 0.4) is 0 Å². The Hall–Kier alpha value is -1.55. The van der Waals surface area contributed by atoms with E-state index in [-0.39, 0.29) is 12.6 Å². The average molecular weight is 276 g/mol. The summed E-state index contributed by atoms with van der Waals surface area (Å²) in [7, 11) is 0. The summed E-state index contributed by atoms with van der Waals surface area (Å²) in [5, 5.41) is 12.0. The first kappa shape index (κ1) is 14.9. The quantitative estimate of drug-likeness (QED) is 0.835. The zero-order valence-electron chi connectivity index (χ0n) is 12.4. The van der Waals surface area contributed by atoms with E-state index in [4.69, 9.17) is 5.11 Å². The molecule has 0 radical (unpaired) electrons. The number of benzene rings is 1. The van der Waals surface area contributed by atoms with Crippen molar-refractivity contribution in [1.82, 2.24) is 10.2 Å². The number of rotatable bonds is 6. The summed E-state index contributed by atoms with van der Waals surface area (Å²) in [6, 6.07) is 6.68.